The first-order valence-corrected chi connectivity index (χ1v) is 6.65. The van der Waals surface area contributed by atoms with Crippen molar-refractivity contribution in [3.05, 3.63) is 65.7 Å². The lowest BCUT2D eigenvalue weighted by Gasteiger charge is -2.21. The molecule has 0 unspecified atom stereocenters. The molecule has 0 spiro atoms. The van der Waals surface area contributed by atoms with Crippen LogP contribution in [-0.2, 0) is 6.54 Å². The lowest BCUT2D eigenvalue weighted by Crippen LogP contribution is -2.34. The zero-order valence-electron chi connectivity index (χ0n) is 11.6. The van der Waals surface area contributed by atoms with Gasteiger partial charge in [-0.15, -0.1) is 0 Å². The summed E-state index contributed by atoms with van der Waals surface area (Å²) in [6.07, 6.45) is 0. The van der Waals surface area contributed by atoms with Crippen LogP contribution >= 0.6 is 0 Å². The number of nitrogens with one attached hydrogen (secondary N) is 1. The van der Waals surface area contributed by atoms with Crippen molar-refractivity contribution in [2.24, 2.45) is 0 Å². The predicted octanol–water partition coefficient (Wildman–Crippen LogP) is 4.02. The van der Waals surface area contributed by atoms with Crippen LogP contribution in [0.3, 0.4) is 0 Å². The van der Waals surface area contributed by atoms with Crippen molar-refractivity contribution in [1.29, 1.82) is 0 Å². The van der Waals surface area contributed by atoms with Crippen molar-refractivity contribution < 1.29 is 13.6 Å². The molecule has 2 amide bonds. The van der Waals surface area contributed by atoms with E-state index >= 15 is 0 Å². The molecule has 3 nitrogen and oxygen atoms in total. The van der Waals surface area contributed by atoms with Crippen LogP contribution in [0.5, 0.6) is 0 Å². The summed E-state index contributed by atoms with van der Waals surface area (Å²) in [6.45, 7) is 2.74. The molecule has 0 atom stereocenters. The lowest BCUT2D eigenvalue weighted by atomic mass is 10.2. The van der Waals surface area contributed by atoms with Gasteiger partial charge < -0.3 is 10.2 Å². The number of urea groups is 1. The molecule has 0 aromatic heterocycles. The minimum atomic E-state index is -0.792. The molecule has 0 aliphatic carbocycles. The standard InChI is InChI=1S/C16H16F2N2O/c1-2-20(11-12-6-4-3-5-7-12)16(21)19-15-9-8-13(17)10-14(15)18/h3-10H,2,11H2,1H3,(H,19,21). The molecular weight excluding hydrogens is 274 g/mol. The zero-order chi connectivity index (χ0) is 15.2. The minimum absolute atomic E-state index is 0.0343. The molecule has 0 aliphatic heterocycles. The average Bonchev–Trinajstić information content (AvgIpc) is 2.48. The van der Waals surface area contributed by atoms with Gasteiger partial charge in [0.2, 0.25) is 0 Å². The summed E-state index contributed by atoms with van der Waals surface area (Å²) in [5, 5.41) is 2.45. The molecule has 0 saturated heterocycles. The third-order valence-electron chi connectivity index (χ3n) is 3.06. The zero-order valence-corrected chi connectivity index (χ0v) is 11.6. The number of carbonyl (C=O) groups is 1. The van der Waals surface area contributed by atoms with E-state index in [4.69, 9.17) is 0 Å². The fourth-order valence-corrected chi connectivity index (χ4v) is 1.92. The second-order valence-electron chi connectivity index (χ2n) is 4.55. The van der Waals surface area contributed by atoms with Crippen LogP contribution < -0.4 is 5.32 Å². The maximum Gasteiger partial charge on any atom is 0.322 e. The quantitative estimate of drug-likeness (QED) is 0.906. The van der Waals surface area contributed by atoms with Gasteiger partial charge in [-0.3, -0.25) is 0 Å². The van der Waals surface area contributed by atoms with Crippen molar-refractivity contribution >= 4 is 11.7 Å². The van der Waals surface area contributed by atoms with Crippen LogP contribution in [0.2, 0.25) is 0 Å². The van der Waals surface area contributed by atoms with E-state index in [9.17, 15) is 13.6 Å². The van der Waals surface area contributed by atoms with Gasteiger partial charge >= 0.3 is 6.03 Å². The van der Waals surface area contributed by atoms with Crippen molar-refractivity contribution in [2.75, 3.05) is 11.9 Å². The summed E-state index contributed by atoms with van der Waals surface area (Å²) in [5.74, 6) is -1.47. The van der Waals surface area contributed by atoms with E-state index in [1.807, 2.05) is 37.3 Å². The van der Waals surface area contributed by atoms with Crippen LogP contribution in [-0.4, -0.2) is 17.5 Å². The van der Waals surface area contributed by atoms with E-state index < -0.39 is 17.7 Å². The van der Waals surface area contributed by atoms with Gasteiger partial charge in [-0.2, -0.15) is 0 Å². The van der Waals surface area contributed by atoms with Crippen LogP contribution in [0.25, 0.3) is 0 Å². The second-order valence-corrected chi connectivity index (χ2v) is 4.55. The third-order valence-corrected chi connectivity index (χ3v) is 3.06. The molecule has 0 saturated carbocycles. The Bertz CT molecular complexity index is 617. The molecule has 5 heteroatoms. The van der Waals surface area contributed by atoms with Crippen molar-refractivity contribution in [2.45, 2.75) is 13.5 Å². The molecule has 0 heterocycles. The van der Waals surface area contributed by atoms with Gasteiger partial charge in [-0.05, 0) is 24.6 Å². The van der Waals surface area contributed by atoms with E-state index in [-0.39, 0.29) is 5.69 Å². The number of benzene rings is 2. The van der Waals surface area contributed by atoms with Crippen molar-refractivity contribution in [3.8, 4) is 0 Å². The molecular formula is C16H16F2N2O. The Morgan fingerprint density at radius 2 is 1.86 bits per heavy atom. The summed E-state index contributed by atoms with van der Waals surface area (Å²) in [4.78, 5) is 13.7. The molecule has 2 aromatic carbocycles. The number of amides is 2. The highest BCUT2D eigenvalue weighted by Crippen LogP contribution is 2.16. The van der Waals surface area contributed by atoms with E-state index in [1.54, 1.807) is 0 Å². The summed E-state index contributed by atoms with van der Waals surface area (Å²) >= 11 is 0. The first-order valence-electron chi connectivity index (χ1n) is 6.65. The maximum atomic E-state index is 13.5. The number of hydrogen-bond donors (Lipinski definition) is 1. The van der Waals surface area contributed by atoms with E-state index in [2.05, 4.69) is 5.32 Å². The van der Waals surface area contributed by atoms with E-state index in [0.717, 1.165) is 17.7 Å². The Labute approximate surface area is 122 Å². The predicted molar refractivity (Wildman–Crippen MR) is 77.9 cm³/mol. The highest BCUT2D eigenvalue weighted by molar-refractivity contribution is 5.89. The summed E-state index contributed by atoms with van der Waals surface area (Å²) in [5.41, 5.74) is 0.946. The normalized spacial score (nSPS) is 10.2. The van der Waals surface area contributed by atoms with Gasteiger partial charge in [-0.1, -0.05) is 30.3 Å². The number of nitrogens with zero attached hydrogens (tertiary/aromatic N) is 1. The fraction of sp³-hybridized carbons (Fsp3) is 0.188. The van der Waals surface area contributed by atoms with Crippen molar-refractivity contribution in [1.82, 2.24) is 4.90 Å². The SMILES string of the molecule is CCN(Cc1ccccc1)C(=O)Nc1ccc(F)cc1F. The first-order chi connectivity index (χ1) is 10.1. The van der Waals surface area contributed by atoms with Crippen LogP contribution in [0, 0.1) is 11.6 Å². The van der Waals surface area contributed by atoms with E-state index in [0.29, 0.717) is 13.1 Å². The molecule has 0 bridgehead atoms. The van der Waals surface area contributed by atoms with Gasteiger partial charge in [0.15, 0.2) is 0 Å². The topological polar surface area (TPSA) is 32.3 Å². The van der Waals surface area contributed by atoms with Gasteiger partial charge in [0.25, 0.3) is 0 Å². The molecule has 1 N–H and O–H groups in total. The van der Waals surface area contributed by atoms with Gasteiger partial charge in [0, 0.05) is 19.2 Å². The number of anilines is 1. The maximum absolute atomic E-state index is 13.5. The Morgan fingerprint density at radius 3 is 2.48 bits per heavy atom. The Balaban J connectivity index is 2.06. The summed E-state index contributed by atoms with van der Waals surface area (Å²) in [7, 11) is 0. The Kier molecular flexibility index (Phi) is 4.87. The fourth-order valence-electron chi connectivity index (χ4n) is 1.92. The third kappa shape index (κ3) is 4.02. The number of halogens is 2. The monoisotopic (exact) mass is 290 g/mol. The first kappa shape index (κ1) is 15.0. The largest absolute Gasteiger partial charge is 0.322 e. The molecule has 21 heavy (non-hydrogen) atoms. The highest BCUT2D eigenvalue weighted by Gasteiger charge is 2.14. The molecule has 2 aromatic rings. The number of rotatable bonds is 4. The minimum Gasteiger partial charge on any atom is -0.320 e. The van der Waals surface area contributed by atoms with Gasteiger partial charge in [0.1, 0.15) is 11.6 Å². The number of hydrogen-bond acceptors (Lipinski definition) is 1. The second kappa shape index (κ2) is 6.83. The number of carbonyl (C=O) groups excluding carboxylic acids is 1. The van der Waals surface area contributed by atoms with E-state index in [1.165, 1.54) is 11.0 Å². The highest BCUT2D eigenvalue weighted by atomic mass is 19.1. The van der Waals surface area contributed by atoms with Crippen LogP contribution in [0.4, 0.5) is 19.3 Å². The average molecular weight is 290 g/mol. The Morgan fingerprint density at radius 1 is 1.14 bits per heavy atom. The van der Waals surface area contributed by atoms with Crippen LogP contribution in [0.1, 0.15) is 12.5 Å². The lowest BCUT2D eigenvalue weighted by molar-refractivity contribution is 0.212. The molecule has 110 valence electrons. The smallest absolute Gasteiger partial charge is 0.320 e. The molecule has 2 rings (SSSR count). The van der Waals surface area contributed by atoms with Crippen LogP contribution in [0.15, 0.2) is 48.5 Å². The molecule has 0 aliphatic rings. The Hall–Kier alpha value is -2.43. The summed E-state index contributed by atoms with van der Waals surface area (Å²) in [6, 6.07) is 12.1. The van der Waals surface area contributed by atoms with Gasteiger partial charge in [-0.25, -0.2) is 13.6 Å². The summed E-state index contributed by atoms with van der Waals surface area (Å²) < 4.78 is 26.4. The van der Waals surface area contributed by atoms with Crippen molar-refractivity contribution in [3.63, 3.8) is 0 Å². The van der Waals surface area contributed by atoms with Gasteiger partial charge in [0.05, 0.1) is 5.69 Å². The molecule has 0 fully saturated rings. The molecule has 0 radical (unpaired) electrons.